The summed E-state index contributed by atoms with van der Waals surface area (Å²) in [6, 6.07) is 1.51. The van der Waals surface area contributed by atoms with Crippen molar-refractivity contribution in [1.29, 1.82) is 0 Å². The Morgan fingerprint density at radius 1 is 1.41 bits per heavy atom. The average Bonchev–Trinajstić information content (AvgIpc) is 2.34. The van der Waals surface area contributed by atoms with Gasteiger partial charge < -0.3 is 11.1 Å². The van der Waals surface area contributed by atoms with E-state index in [1.807, 2.05) is 0 Å². The first kappa shape index (κ1) is 11.8. The molecule has 1 aliphatic carbocycles. The fraction of sp³-hybridized carbons (Fsp3) is 0.500. The zero-order valence-corrected chi connectivity index (χ0v) is 9.58. The van der Waals surface area contributed by atoms with Crippen molar-refractivity contribution in [2.75, 3.05) is 5.73 Å². The van der Waals surface area contributed by atoms with Crippen molar-refractivity contribution >= 4 is 11.7 Å². The minimum absolute atomic E-state index is 0.0249. The van der Waals surface area contributed by atoms with Crippen molar-refractivity contribution in [1.82, 2.24) is 10.3 Å². The number of carbonyl (C=O) groups excluding carboxylic acids is 1. The molecule has 0 aromatic carbocycles. The lowest BCUT2D eigenvalue weighted by Crippen LogP contribution is -2.36. The van der Waals surface area contributed by atoms with Crippen LogP contribution in [0.2, 0.25) is 0 Å². The second-order valence-electron chi connectivity index (χ2n) is 4.37. The van der Waals surface area contributed by atoms with Crippen molar-refractivity contribution < 1.29 is 9.18 Å². The number of nitrogens with zero attached hydrogens (tertiary/aromatic N) is 1. The minimum Gasteiger partial charge on any atom is -0.381 e. The van der Waals surface area contributed by atoms with Gasteiger partial charge in [0.05, 0.1) is 5.56 Å². The molecule has 92 valence electrons. The molecule has 0 unspecified atom stereocenters. The molecule has 1 amide bonds. The van der Waals surface area contributed by atoms with Crippen molar-refractivity contribution in [2.45, 2.75) is 38.1 Å². The molecule has 1 fully saturated rings. The molecule has 17 heavy (non-hydrogen) atoms. The Morgan fingerprint density at radius 3 is 2.82 bits per heavy atom. The molecule has 3 N–H and O–H groups in total. The summed E-state index contributed by atoms with van der Waals surface area (Å²) in [5, 5.41) is 2.84. The molecule has 0 spiro atoms. The van der Waals surface area contributed by atoms with Crippen LogP contribution < -0.4 is 11.1 Å². The largest absolute Gasteiger partial charge is 0.381 e. The van der Waals surface area contributed by atoms with Gasteiger partial charge in [0.25, 0.3) is 5.91 Å². The number of nitrogens with two attached hydrogens (primary N) is 1. The highest BCUT2D eigenvalue weighted by Crippen LogP contribution is 2.18. The quantitative estimate of drug-likeness (QED) is 0.825. The van der Waals surface area contributed by atoms with Gasteiger partial charge in [-0.05, 0) is 18.9 Å². The third-order valence-electron chi connectivity index (χ3n) is 3.10. The molecule has 1 saturated carbocycles. The first-order chi connectivity index (χ1) is 8.18. The predicted molar refractivity (Wildman–Crippen MR) is 62.9 cm³/mol. The van der Waals surface area contributed by atoms with Crippen molar-refractivity contribution in [2.24, 2.45) is 0 Å². The maximum Gasteiger partial charge on any atom is 0.254 e. The van der Waals surface area contributed by atoms with Crippen LogP contribution in [0, 0.1) is 5.82 Å². The first-order valence-corrected chi connectivity index (χ1v) is 5.89. The van der Waals surface area contributed by atoms with E-state index in [0.29, 0.717) is 0 Å². The number of halogens is 1. The summed E-state index contributed by atoms with van der Waals surface area (Å²) in [4.78, 5) is 15.4. The van der Waals surface area contributed by atoms with Crippen LogP contribution in [0.15, 0.2) is 12.3 Å². The third kappa shape index (κ3) is 2.72. The maximum atomic E-state index is 13.6. The highest BCUT2D eigenvalue weighted by Gasteiger charge is 2.19. The van der Waals surface area contributed by atoms with Gasteiger partial charge in [0.2, 0.25) is 0 Å². The van der Waals surface area contributed by atoms with Crippen LogP contribution in [0.4, 0.5) is 10.2 Å². The van der Waals surface area contributed by atoms with Gasteiger partial charge in [0, 0.05) is 12.2 Å². The topological polar surface area (TPSA) is 68.0 Å². The van der Waals surface area contributed by atoms with Gasteiger partial charge in [0.15, 0.2) is 11.6 Å². The second kappa shape index (κ2) is 5.12. The molecule has 0 radical (unpaired) electrons. The Hall–Kier alpha value is -1.65. The standard InChI is InChI=1S/C12H16FN3O/c13-10-9(6-7-15-11(10)14)12(17)16-8-4-2-1-3-5-8/h6-8H,1-5H2,(H2,14,15)(H,16,17). The number of hydrogen-bond acceptors (Lipinski definition) is 3. The summed E-state index contributed by atoms with van der Waals surface area (Å²) >= 11 is 0. The molecule has 1 aliphatic rings. The Morgan fingerprint density at radius 2 is 2.12 bits per heavy atom. The Labute approximate surface area is 99.4 Å². The molecule has 0 saturated heterocycles. The fourth-order valence-corrected chi connectivity index (χ4v) is 2.15. The van der Waals surface area contributed by atoms with Crippen molar-refractivity contribution in [3.05, 3.63) is 23.6 Å². The van der Waals surface area contributed by atoms with Crippen LogP contribution in [0.25, 0.3) is 0 Å². The van der Waals surface area contributed by atoms with Gasteiger partial charge in [-0.1, -0.05) is 19.3 Å². The number of nitrogen functional groups attached to an aromatic ring is 1. The van der Waals surface area contributed by atoms with Gasteiger partial charge in [-0.3, -0.25) is 4.79 Å². The molecule has 1 aromatic heterocycles. The number of hydrogen-bond donors (Lipinski definition) is 2. The number of carbonyl (C=O) groups is 1. The molecule has 5 heteroatoms. The van der Waals surface area contributed by atoms with Crippen LogP contribution >= 0.6 is 0 Å². The molecule has 0 aliphatic heterocycles. The Bertz CT molecular complexity index is 416. The molecular weight excluding hydrogens is 221 g/mol. The van der Waals surface area contributed by atoms with E-state index in [4.69, 9.17) is 5.73 Å². The third-order valence-corrected chi connectivity index (χ3v) is 3.10. The van der Waals surface area contributed by atoms with Crippen LogP contribution in [0.5, 0.6) is 0 Å². The fourth-order valence-electron chi connectivity index (χ4n) is 2.15. The van der Waals surface area contributed by atoms with Gasteiger partial charge in [-0.25, -0.2) is 9.37 Å². The monoisotopic (exact) mass is 237 g/mol. The smallest absolute Gasteiger partial charge is 0.254 e. The summed E-state index contributed by atoms with van der Waals surface area (Å²) in [7, 11) is 0. The molecule has 2 rings (SSSR count). The zero-order valence-electron chi connectivity index (χ0n) is 9.58. The summed E-state index contributed by atoms with van der Waals surface area (Å²) in [5.41, 5.74) is 5.30. The molecule has 0 bridgehead atoms. The Balaban J connectivity index is 2.06. The van der Waals surface area contributed by atoms with Crippen LogP contribution in [-0.4, -0.2) is 16.9 Å². The number of anilines is 1. The average molecular weight is 237 g/mol. The van der Waals surface area contributed by atoms with E-state index in [0.717, 1.165) is 25.7 Å². The molecule has 1 aromatic rings. The van der Waals surface area contributed by atoms with E-state index in [1.54, 1.807) is 0 Å². The summed E-state index contributed by atoms with van der Waals surface area (Å²) in [6.07, 6.45) is 6.72. The lowest BCUT2D eigenvalue weighted by molar-refractivity contribution is 0.0923. The highest BCUT2D eigenvalue weighted by atomic mass is 19.1. The number of amides is 1. The summed E-state index contributed by atoms with van der Waals surface area (Å²) in [5.74, 6) is -1.37. The van der Waals surface area contributed by atoms with Crippen LogP contribution in [-0.2, 0) is 0 Å². The van der Waals surface area contributed by atoms with Gasteiger partial charge in [-0.2, -0.15) is 0 Å². The van der Waals surface area contributed by atoms with Gasteiger partial charge in [-0.15, -0.1) is 0 Å². The SMILES string of the molecule is Nc1nccc(C(=O)NC2CCCCC2)c1F. The maximum absolute atomic E-state index is 13.6. The van der Waals surface area contributed by atoms with Crippen molar-refractivity contribution in [3.63, 3.8) is 0 Å². The molecule has 1 heterocycles. The summed E-state index contributed by atoms with van der Waals surface area (Å²) < 4.78 is 13.6. The van der Waals surface area contributed by atoms with Gasteiger partial charge >= 0.3 is 0 Å². The van der Waals surface area contributed by atoms with Crippen LogP contribution in [0.1, 0.15) is 42.5 Å². The van der Waals surface area contributed by atoms with E-state index in [-0.39, 0.29) is 17.4 Å². The zero-order chi connectivity index (χ0) is 12.3. The van der Waals surface area contributed by atoms with E-state index in [1.165, 1.54) is 18.7 Å². The highest BCUT2D eigenvalue weighted by molar-refractivity contribution is 5.95. The predicted octanol–water partition coefficient (Wildman–Crippen LogP) is 1.87. The Kier molecular flexibility index (Phi) is 3.56. The van der Waals surface area contributed by atoms with Crippen molar-refractivity contribution in [3.8, 4) is 0 Å². The molecule has 0 atom stereocenters. The number of rotatable bonds is 2. The second-order valence-corrected chi connectivity index (χ2v) is 4.37. The summed E-state index contributed by atoms with van der Waals surface area (Å²) in [6.45, 7) is 0. The molecule has 4 nitrogen and oxygen atoms in total. The van der Waals surface area contributed by atoms with E-state index >= 15 is 0 Å². The first-order valence-electron chi connectivity index (χ1n) is 5.89. The lowest BCUT2D eigenvalue weighted by Gasteiger charge is -2.22. The number of aromatic nitrogens is 1. The lowest BCUT2D eigenvalue weighted by atomic mass is 9.95. The number of nitrogens with one attached hydrogen (secondary N) is 1. The van der Waals surface area contributed by atoms with E-state index < -0.39 is 11.7 Å². The van der Waals surface area contributed by atoms with Gasteiger partial charge in [0.1, 0.15) is 0 Å². The molecular formula is C12H16FN3O. The van der Waals surface area contributed by atoms with E-state index in [9.17, 15) is 9.18 Å². The van der Waals surface area contributed by atoms with Crippen LogP contribution in [0.3, 0.4) is 0 Å². The minimum atomic E-state index is -0.735. The number of pyridine rings is 1. The normalized spacial score (nSPS) is 16.8. The van der Waals surface area contributed by atoms with E-state index in [2.05, 4.69) is 10.3 Å².